The number of aromatic amines is 1. The molecule has 0 aliphatic carbocycles. The van der Waals surface area contributed by atoms with Crippen LogP contribution in [0.3, 0.4) is 0 Å². The third-order valence-corrected chi connectivity index (χ3v) is 4.96. The summed E-state index contributed by atoms with van der Waals surface area (Å²) in [6.45, 7) is 2.34. The fourth-order valence-electron chi connectivity index (χ4n) is 2.80. The normalized spacial score (nSPS) is 15.0. The van der Waals surface area contributed by atoms with Crippen molar-refractivity contribution in [3.8, 4) is 6.07 Å². The minimum absolute atomic E-state index is 0.110. The molecule has 2 aromatic heterocycles. The van der Waals surface area contributed by atoms with Crippen molar-refractivity contribution in [2.75, 3.05) is 26.2 Å². The van der Waals surface area contributed by atoms with Crippen molar-refractivity contribution in [3.05, 3.63) is 45.9 Å². The second kappa shape index (κ2) is 7.32. The minimum atomic E-state index is -0.121. The quantitative estimate of drug-likeness (QED) is 0.924. The van der Waals surface area contributed by atoms with Crippen molar-refractivity contribution in [2.24, 2.45) is 0 Å². The van der Waals surface area contributed by atoms with Crippen molar-refractivity contribution in [1.82, 2.24) is 14.8 Å². The van der Waals surface area contributed by atoms with Gasteiger partial charge in [0.05, 0.1) is 12.0 Å². The van der Waals surface area contributed by atoms with E-state index in [2.05, 4.69) is 4.98 Å². The summed E-state index contributed by atoms with van der Waals surface area (Å²) >= 11 is 1.59. The Kier molecular flexibility index (Phi) is 4.96. The van der Waals surface area contributed by atoms with Crippen molar-refractivity contribution in [1.29, 1.82) is 5.26 Å². The average Bonchev–Trinajstić information content (AvgIpc) is 3.21. The lowest BCUT2D eigenvalue weighted by Crippen LogP contribution is -2.38. The first kappa shape index (κ1) is 16.3. The third-order valence-electron chi connectivity index (χ3n) is 4.08. The van der Waals surface area contributed by atoms with Gasteiger partial charge in [-0.2, -0.15) is 5.26 Å². The van der Waals surface area contributed by atoms with Crippen LogP contribution in [0.4, 0.5) is 0 Å². The summed E-state index contributed by atoms with van der Waals surface area (Å²) in [6, 6.07) is 7.48. The zero-order valence-electron chi connectivity index (χ0n) is 13.2. The Morgan fingerprint density at radius 2 is 2.04 bits per heavy atom. The van der Waals surface area contributed by atoms with E-state index in [1.165, 1.54) is 6.20 Å². The lowest BCUT2D eigenvalue weighted by Gasteiger charge is -2.21. The summed E-state index contributed by atoms with van der Waals surface area (Å²) in [5.41, 5.74) is 0.867. The monoisotopic (exact) mass is 342 g/mol. The smallest absolute Gasteiger partial charge is 0.270 e. The van der Waals surface area contributed by atoms with Gasteiger partial charge in [-0.25, -0.2) is 0 Å². The number of carbonyl (C=O) groups excluding carboxylic acids is 2. The predicted octanol–water partition coefficient (Wildman–Crippen LogP) is 1.87. The van der Waals surface area contributed by atoms with Crippen LogP contribution in [0.1, 0.15) is 27.3 Å². The molecule has 3 rings (SSSR count). The molecule has 2 aromatic rings. The number of hydrogen-bond donors (Lipinski definition) is 1. The van der Waals surface area contributed by atoms with Gasteiger partial charge < -0.3 is 14.8 Å². The van der Waals surface area contributed by atoms with Crippen LogP contribution in [-0.2, 0) is 11.2 Å². The summed E-state index contributed by atoms with van der Waals surface area (Å²) in [5.74, 6) is -0.0116. The SMILES string of the molecule is N#Cc1c[nH]c(C(=O)N2CCCN(C(=O)Cc3cccs3)CC2)c1. The maximum absolute atomic E-state index is 12.5. The van der Waals surface area contributed by atoms with Crippen molar-refractivity contribution in [3.63, 3.8) is 0 Å². The van der Waals surface area contributed by atoms with Crippen LogP contribution in [0.25, 0.3) is 0 Å². The van der Waals surface area contributed by atoms with Gasteiger partial charge in [-0.05, 0) is 23.9 Å². The molecule has 0 atom stereocenters. The number of carbonyl (C=O) groups is 2. The molecule has 1 fully saturated rings. The van der Waals surface area contributed by atoms with E-state index in [4.69, 9.17) is 5.26 Å². The van der Waals surface area contributed by atoms with Crippen molar-refractivity contribution >= 4 is 23.2 Å². The Bertz CT molecular complexity index is 760. The Morgan fingerprint density at radius 3 is 2.75 bits per heavy atom. The highest BCUT2D eigenvalue weighted by molar-refractivity contribution is 7.10. The Balaban J connectivity index is 1.59. The molecule has 0 aromatic carbocycles. The highest BCUT2D eigenvalue weighted by Gasteiger charge is 2.23. The fourth-order valence-corrected chi connectivity index (χ4v) is 3.49. The highest BCUT2D eigenvalue weighted by Crippen LogP contribution is 2.13. The average molecular weight is 342 g/mol. The minimum Gasteiger partial charge on any atom is -0.356 e. The van der Waals surface area contributed by atoms with Gasteiger partial charge in [-0.1, -0.05) is 6.07 Å². The molecule has 0 spiro atoms. The van der Waals surface area contributed by atoms with Gasteiger partial charge in [0.2, 0.25) is 5.91 Å². The van der Waals surface area contributed by atoms with E-state index < -0.39 is 0 Å². The van der Waals surface area contributed by atoms with E-state index in [1.54, 1.807) is 22.3 Å². The van der Waals surface area contributed by atoms with Crippen LogP contribution in [0.2, 0.25) is 0 Å². The molecule has 0 unspecified atom stereocenters. The second-order valence-corrected chi connectivity index (χ2v) is 6.73. The molecule has 7 heteroatoms. The maximum atomic E-state index is 12.5. The Morgan fingerprint density at radius 1 is 1.25 bits per heavy atom. The number of nitriles is 1. The summed E-state index contributed by atoms with van der Waals surface area (Å²) in [4.78, 5) is 32.4. The molecule has 1 N–H and O–H groups in total. The van der Waals surface area contributed by atoms with Gasteiger partial charge in [-0.3, -0.25) is 9.59 Å². The van der Waals surface area contributed by atoms with Crippen LogP contribution in [-0.4, -0.2) is 52.8 Å². The van der Waals surface area contributed by atoms with E-state index in [0.29, 0.717) is 43.9 Å². The Hall–Kier alpha value is -2.59. The zero-order chi connectivity index (χ0) is 16.9. The number of nitrogens with one attached hydrogen (secondary N) is 1. The molecule has 0 bridgehead atoms. The fraction of sp³-hybridized carbons (Fsp3) is 0.353. The molecule has 2 amide bonds. The number of H-pyrrole nitrogens is 1. The van der Waals surface area contributed by atoms with Crippen molar-refractivity contribution < 1.29 is 9.59 Å². The predicted molar refractivity (Wildman–Crippen MR) is 90.6 cm³/mol. The van der Waals surface area contributed by atoms with Gasteiger partial charge in [0.15, 0.2) is 0 Å². The van der Waals surface area contributed by atoms with Crippen LogP contribution >= 0.6 is 11.3 Å². The van der Waals surface area contributed by atoms with Gasteiger partial charge in [0, 0.05) is 37.3 Å². The van der Waals surface area contributed by atoms with Crippen LogP contribution in [0, 0.1) is 11.3 Å². The molecule has 1 aliphatic rings. The van der Waals surface area contributed by atoms with E-state index >= 15 is 0 Å². The van der Waals surface area contributed by atoms with Crippen LogP contribution in [0.5, 0.6) is 0 Å². The number of aromatic nitrogens is 1. The molecule has 0 saturated carbocycles. The van der Waals surface area contributed by atoms with Gasteiger partial charge in [-0.15, -0.1) is 11.3 Å². The number of hydrogen-bond acceptors (Lipinski definition) is 4. The largest absolute Gasteiger partial charge is 0.356 e. The van der Waals surface area contributed by atoms with Crippen LogP contribution < -0.4 is 0 Å². The molecule has 24 heavy (non-hydrogen) atoms. The summed E-state index contributed by atoms with van der Waals surface area (Å²) in [7, 11) is 0. The summed E-state index contributed by atoms with van der Waals surface area (Å²) in [6.07, 6.45) is 2.71. The molecule has 6 nitrogen and oxygen atoms in total. The first-order valence-corrected chi connectivity index (χ1v) is 8.73. The van der Waals surface area contributed by atoms with E-state index in [1.807, 2.05) is 28.5 Å². The number of amides is 2. The standard InChI is InChI=1S/C17H18N4O2S/c18-11-13-9-15(19-12-13)17(23)21-5-2-4-20(6-7-21)16(22)10-14-3-1-8-24-14/h1,3,8-9,12,19H,2,4-7,10H2. The van der Waals surface area contributed by atoms with Gasteiger partial charge in [0.1, 0.15) is 11.8 Å². The molecule has 0 radical (unpaired) electrons. The van der Waals surface area contributed by atoms with Crippen molar-refractivity contribution in [2.45, 2.75) is 12.8 Å². The molecule has 1 saturated heterocycles. The maximum Gasteiger partial charge on any atom is 0.270 e. The lowest BCUT2D eigenvalue weighted by molar-refractivity contribution is -0.130. The van der Waals surface area contributed by atoms with E-state index in [0.717, 1.165) is 11.3 Å². The van der Waals surface area contributed by atoms with E-state index in [9.17, 15) is 9.59 Å². The Labute approximate surface area is 144 Å². The highest BCUT2D eigenvalue weighted by atomic mass is 32.1. The molecule has 1 aliphatic heterocycles. The molecule has 124 valence electrons. The lowest BCUT2D eigenvalue weighted by atomic mass is 10.3. The van der Waals surface area contributed by atoms with E-state index in [-0.39, 0.29) is 11.8 Å². The third kappa shape index (κ3) is 3.66. The summed E-state index contributed by atoms with van der Waals surface area (Å²) < 4.78 is 0. The zero-order valence-corrected chi connectivity index (χ0v) is 14.0. The molecular weight excluding hydrogens is 324 g/mol. The van der Waals surface area contributed by atoms with Crippen LogP contribution in [0.15, 0.2) is 29.8 Å². The van der Waals surface area contributed by atoms with Gasteiger partial charge >= 0.3 is 0 Å². The molecule has 3 heterocycles. The number of nitrogens with zero attached hydrogens (tertiary/aromatic N) is 3. The summed E-state index contributed by atoms with van der Waals surface area (Å²) in [5, 5.41) is 10.8. The molecular formula is C17H18N4O2S. The topological polar surface area (TPSA) is 80.2 Å². The number of thiophene rings is 1. The first-order valence-electron chi connectivity index (χ1n) is 7.85. The number of rotatable bonds is 3. The second-order valence-electron chi connectivity index (χ2n) is 5.70. The van der Waals surface area contributed by atoms with Gasteiger partial charge in [0.25, 0.3) is 5.91 Å². The first-order chi connectivity index (χ1) is 11.7.